The van der Waals surface area contributed by atoms with Gasteiger partial charge in [-0.3, -0.25) is 9.59 Å². The fourth-order valence-electron chi connectivity index (χ4n) is 4.08. The number of ether oxygens (including phenoxy) is 1. The van der Waals surface area contributed by atoms with E-state index >= 15 is 0 Å². The number of carbonyl (C=O) groups excluding carboxylic acids is 2. The fourth-order valence-corrected chi connectivity index (χ4v) is 4.08. The molecule has 0 spiro atoms. The Morgan fingerprint density at radius 2 is 1.47 bits per heavy atom. The molecule has 3 aromatic rings. The van der Waals surface area contributed by atoms with Gasteiger partial charge in [-0.2, -0.15) is 0 Å². The van der Waals surface area contributed by atoms with Crippen LogP contribution in [0.1, 0.15) is 33.0 Å². The van der Waals surface area contributed by atoms with Gasteiger partial charge in [-0.05, 0) is 33.9 Å². The molecular formula is C27H24N2O5. The number of carboxylic acids is 1. The quantitative estimate of drug-likeness (QED) is 0.474. The second-order valence-electron chi connectivity index (χ2n) is 7.77. The number of carboxylic acid groups (broad SMARTS) is 1. The van der Waals surface area contributed by atoms with E-state index in [9.17, 15) is 14.4 Å². The molecule has 34 heavy (non-hydrogen) atoms. The number of nitrogens with one attached hydrogen (secondary N) is 2. The lowest BCUT2D eigenvalue weighted by Crippen LogP contribution is -2.29. The molecular weight excluding hydrogens is 432 g/mol. The summed E-state index contributed by atoms with van der Waals surface area (Å²) >= 11 is 0. The van der Waals surface area contributed by atoms with Crippen LogP contribution < -0.4 is 10.6 Å². The smallest absolute Gasteiger partial charge is 0.407 e. The van der Waals surface area contributed by atoms with Crippen molar-refractivity contribution in [1.82, 2.24) is 10.6 Å². The molecule has 0 saturated heterocycles. The molecule has 4 rings (SSSR count). The van der Waals surface area contributed by atoms with Gasteiger partial charge >= 0.3 is 12.1 Å². The minimum atomic E-state index is -1.12. The van der Waals surface area contributed by atoms with E-state index in [0.717, 1.165) is 11.1 Å². The molecule has 0 bridgehead atoms. The highest BCUT2D eigenvalue weighted by molar-refractivity contribution is 5.99. The SMILES string of the molecule is O=C(O)CNC(=O)c1ccccc1C=CCNC(=O)OCC1c2ccccc2-c2ccccc21. The number of aliphatic carboxylic acids is 1. The number of amides is 2. The second kappa shape index (κ2) is 10.5. The third-order valence-corrected chi connectivity index (χ3v) is 5.61. The number of fused-ring (bicyclic) bond motifs is 3. The Kier molecular flexibility index (Phi) is 7.03. The molecule has 0 saturated carbocycles. The number of benzene rings is 3. The van der Waals surface area contributed by atoms with Gasteiger partial charge in [0.05, 0.1) is 0 Å². The van der Waals surface area contributed by atoms with Crippen LogP contribution in [0.3, 0.4) is 0 Å². The number of rotatable bonds is 8. The van der Waals surface area contributed by atoms with E-state index in [1.165, 1.54) is 11.1 Å². The van der Waals surface area contributed by atoms with E-state index in [-0.39, 0.29) is 19.1 Å². The number of alkyl carbamates (subject to hydrolysis) is 1. The van der Waals surface area contributed by atoms with Gasteiger partial charge in [0.2, 0.25) is 0 Å². The largest absolute Gasteiger partial charge is 0.480 e. The summed E-state index contributed by atoms with van der Waals surface area (Å²) in [6.45, 7) is -0.0157. The summed E-state index contributed by atoms with van der Waals surface area (Å²) in [6.07, 6.45) is 2.86. The Labute approximate surface area is 197 Å². The molecule has 0 unspecified atom stereocenters. The minimum Gasteiger partial charge on any atom is -0.480 e. The Morgan fingerprint density at radius 3 is 2.15 bits per heavy atom. The molecule has 3 N–H and O–H groups in total. The van der Waals surface area contributed by atoms with Crippen molar-refractivity contribution in [2.45, 2.75) is 5.92 Å². The summed E-state index contributed by atoms with van der Waals surface area (Å²) < 4.78 is 5.50. The molecule has 0 fully saturated rings. The summed E-state index contributed by atoms with van der Waals surface area (Å²) in [5.41, 5.74) is 5.59. The molecule has 0 aliphatic heterocycles. The maximum atomic E-state index is 12.3. The first-order valence-electron chi connectivity index (χ1n) is 10.9. The summed E-state index contributed by atoms with van der Waals surface area (Å²) in [4.78, 5) is 35.1. The van der Waals surface area contributed by atoms with E-state index < -0.39 is 24.5 Å². The number of hydrogen-bond acceptors (Lipinski definition) is 4. The fraction of sp³-hybridized carbons (Fsp3) is 0.148. The van der Waals surface area contributed by atoms with Gasteiger partial charge in [-0.15, -0.1) is 0 Å². The third kappa shape index (κ3) is 5.15. The molecule has 1 aliphatic rings. The Morgan fingerprint density at radius 1 is 0.853 bits per heavy atom. The summed E-state index contributed by atoms with van der Waals surface area (Å²) in [5, 5.41) is 13.8. The van der Waals surface area contributed by atoms with Gasteiger partial charge < -0.3 is 20.5 Å². The van der Waals surface area contributed by atoms with Crippen LogP contribution in [0, 0.1) is 0 Å². The van der Waals surface area contributed by atoms with Crippen molar-refractivity contribution in [3.63, 3.8) is 0 Å². The first-order chi connectivity index (χ1) is 16.5. The van der Waals surface area contributed by atoms with Crippen LogP contribution in [0.5, 0.6) is 0 Å². The van der Waals surface area contributed by atoms with Gasteiger partial charge in [0.15, 0.2) is 0 Å². The van der Waals surface area contributed by atoms with Crippen LogP contribution >= 0.6 is 0 Å². The zero-order chi connectivity index (χ0) is 23.9. The highest BCUT2D eigenvalue weighted by Crippen LogP contribution is 2.44. The van der Waals surface area contributed by atoms with E-state index in [2.05, 4.69) is 34.9 Å². The van der Waals surface area contributed by atoms with Crippen molar-refractivity contribution in [3.05, 3.63) is 101 Å². The van der Waals surface area contributed by atoms with Gasteiger partial charge in [-0.25, -0.2) is 4.79 Å². The highest BCUT2D eigenvalue weighted by atomic mass is 16.5. The lowest BCUT2D eigenvalue weighted by Gasteiger charge is -2.14. The predicted octanol–water partition coefficient (Wildman–Crippen LogP) is 4.05. The summed E-state index contributed by atoms with van der Waals surface area (Å²) in [7, 11) is 0. The molecule has 2 amide bonds. The minimum absolute atomic E-state index is 0.00937. The van der Waals surface area contributed by atoms with Crippen LogP contribution in [0.25, 0.3) is 17.2 Å². The van der Waals surface area contributed by atoms with Gasteiger partial charge in [0.25, 0.3) is 5.91 Å². The maximum absolute atomic E-state index is 12.3. The van der Waals surface area contributed by atoms with Crippen LogP contribution in [0.4, 0.5) is 4.79 Å². The highest BCUT2D eigenvalue weighted by Gasteiger charge is 2.28. The average Bonchev–Trinajstić information content (AvgIpc) is 3.18. The van der Waals surface area contributed by atoms with E-state index in [0.29, 0.717) is 11.1 Å². The van der Waals surface area contributed by atoms with Crippen LogP contribution in [-0.2, 0) is 9.53 Å². The number of carbonyl (C=O) groups is 3. The standard InChI is InChI=1S/C27H24N2O5/c30-25(31)16-29-26(32)19-10-2-1-8-18(19)9-7-15-28-27(33)34-17-24-22-13-5-3-11-20(22)21-12-4-6-14-23(21)24/h1-14,24H,15-17H2,(H,28,33)(H,29,32)(H,30,31). The first kappa shape index (κ1) is 22.8. The lowest BCUT2D eigenvalue weighted by atomic mass is 9.98. The zero-order valence-corrected chi connectivity index (χ0v) is 18.4. The summed E-state index contributed by atoms with van der Waals surface area (Å²) in [6, 6.07) is 23.1. The van der Waals surface area contributed by atoms with Crippen molar-refractivity contribution in [2.75, 3.05) is 19.7 Å². The first-order valence-corrected chi connectivity index (χ1v) is 10.9. The maximum Gasteiger partial charge on any atom is 0.407 e. The lowest BCUT2D eigenvalue weighted by molar-refractivity contribution is -0.135. The molecule has 1 aliphatic carbocycles. The number of hydrogen-bond donors (Lipinski definition) is 3. The van der Waals surface area contributed by atoms with Crippen molar-refractivity contribution in [3.8, 4) is 11.1 Å². The van der Waals surface area contributed by atoms with Gasteiger partial charge in [0.1, 0.15) is 13.2 Å². The molecule has 0 aromatic heterocycles. The van der Waals surface area contributed by atoms with E-state index in [1.54, 1.807) is 36.4 Å². The topological polar surface area (TPSA) is 105 Å². The second-order valence-corrected chi connectivity index (χ2v) is 7.77. The van der Waals surface area contributed by atoms with Crippen molar-refractivity contribution < 1.29 is 24.2 Å². The molecule has 3 aromatic carbocycles. The normalized spacial score (nSPS) is 12.1. The van der Waals surface area contributed by atoms with Crippen molar-refractivity contribution in [1.29, 1.82) is 0 Å². The van der Waals surface area contributed by atoms with Crippen molar-refractivity contribution in [2.24, 2.45) is 0 Å². The Bertz CT molecular complexity index is 1210. The van der Waals surface area contributed by atoms with Crippen LogP contribution in [0.15, 0.2) is 78.9 Å². The molecule has 7 heteroatoms. The van der Waals surface area contributed by atoms with Gasteiger partial charge in [-0.1, -0.05) is 78.9 Å². The molecule has 0 heterocycles. The summed E-state index contributed by atoms with van der Waals surface area (Å²) in [5.74, 6) is -1.61. The van der Waals surface area contributed by atoms with Gasteiger partial charge in [0, 0.05) is 18.0 Å². The van der Waals surface area contributed by atoms with Crippen molar-refractivity contribution >= 4 is 24.0 Å². The monoisotopic (exact) mass is 456 g/mol. The molecule has 7 nitrogen and oxygen atoms in total. The Balaban J connectivity index is 1.31. The van der Waals surface area contributed by atoms with Crippen LogP contribution in [0.2, 0.25) is 0 Å². The molecule has 0 radical (unpaired) electrons. The van der Waals surface area contributed by atoms with Crippen LogP contribution in [-0.4, -0.2) is 42.8 Å². The van der Waals surface area contributed by atoms with E-state index in [1.807, 2.05) is 24.3 Å². The third-order valence-electron chi connectivity index (χ3n) is 5.61. The average molecular weight is 456 g/mol. The Hall–Kier alpha value is -4.39. The zero-order valence-electron chi connectivity index (χ0n) is 18.4. The van der Waals surface area contributed by atoms with E-state index in [4.69, 9.17) is 9.84 Å². The molecule has 0 atom stereocenters. The molecule has 172 valence electrons. The predicted molar refractivity (Wildman–Crippen MR) is 129 cm³/mol.